The second-order valence-corrected chi connectivity index (χ2v) is 4.63. The van der Waals surface area contributed by atoms with Crippen molar-refractivity contribution in [2.24, 2.45) is 0 Å². The number of hydrogen-bond donors (Lipinski definition) is 0. The predicted molar refractivity (Wildman–Crippen MR) is 70.3 cm³/mol. The third kappa shape index (κ3) is 2.74. The molecular weight excluding hydrogens is 284 g/mol. The Morgan fingerprint density at radius 3 is 2.38 bits per heavy atom. The zero-order valence-electron chi connectivity index (χ0n) is 10.7. The average Bonchev–Trinajstić information content (AvgIpc) is 2.77. The van der Waals surface area contributed by atoms with E-state index >= 15 is 0 Å². The minimum Gasteiger partial charge on any atom is -0.303 e. The number of pyridine rings is 1. The van der Waals surface area contributed by atoms with Crippen LogP contribution in [0.3, 0.4) is 0 Å². The lowest BCUT2D eigenvalue weighted by molar-refractivity contribution is -0.127. The van der Waals surface area contributed by atoms with Gasteiger partial charge in [-0.1, -0.05) is 6.07 Å². The van der Waals surface area contributed by atoms with E-state index in [0.29, 0.717) is 11.2 Å². The van der Waals surface area contributed by atoms with Crippen LogP contribution >= 0.6 is 0 Å². The van der Waals surface area contributed by atoms with E-state index in [9.17, 15) is 17.6 Å². The molecule has 3 aromatic rings. The van der Waals surface area contributed by atoms with Crippen molar-refractivity contribution in [3.63, 3.8) is 0 Å². The summed E-state index contributed by atoms with van der Waals surface area (Å²) >= 11 is 0. The lowest BCUT2D eigenvalue weighted by Gasteiger charge is -2.08. The summed E-state index contributed by atoms with van der Waals surface area (Å²) in [4.78, 5) is 4.24. The standard InChI is InChI=1S/C15H10F4N2/c16-11-6-4-10(5-7-11)14-12(9-15(17,18)19)21-8-2-1-3-13(21)20-14/h1-8H,9H2. The average molecular weight is 294 g/mol. The molecular formula is C15H10F4N2. The Kier molecular flexibility index (Phi) is 3.16. The highest BCUT2D eigenvalue weighted by Gasteiger charge is 2.31. The summed E-state index contributed by atoms with van der Waals surface area (Å²) in [5.41, 5.74) is 1.15. The lowest BCUT2D eigenvalue weighted by Crippen LogP contribution is -2.14. The minimum atomic E-state index is -4.35. The van der Waals surface area contributed by atoms with Gasteiger partial charge in [0.05, 0.1) is 17.8 Å². The van der Waals surface area contributed by atoms with Crippen LogP contribution in [0.15, 0.2) is 48.7 Å². The van der Waals surface area contributed by atoms with Crippen molar-refractivity contribution >= 4 is 5.65 Å². The molecule has 6 heteroatoms. The second-order valence-electron chi connectivity index (χ2n) is 4.63. The van der Waals surface area contributed by atoms with E-state index in [1.165, 1.54) is 34.9 Å². The maximum atomic E-state index is 13.0. The van der Waals surface area contributed by atoms with E-state index in [-0.39, 0.29) is 11.4 Å². The van der Waals surface area contributed by atoms with Gasteiger partial charge in [-0.15, -0.1) is 0 Å². The Morgan fingerprint density at radius 2 is 1.71 bits per heavy atom. The van der Waals surface area contributed by atoms with E-state index in [4.69, 9.17) is 0 Å². The number of rotatable bonds is 2. The number of hydrogen-bond acceptors (Lipinski definition) is 1. The van der Waals surface area contributed by atoms with Crippen LogP contribution in [-0.4, -0.2) is 15.6 Å². The summed E-state index contributed by atoms with van der Waals surface area (Å²) in [5.74, 6) is -0.445. The fraction of sp³-hybridized carbons (Fsp3) is 0.133. The van der Waals surface area contributed by atoms with E-state index < -0.39 is 18.4 Å². The van der Waals surface area contributed by atoms with Crippen LogP contribution in [0.1, 0.15) is 5.69 Å². The fourth-order valence-corrected chi connectivity index (χ4v) is 2.24. The summed E-state index contributed by atoms with van der Waals surface area (Å²) in [5, 5.41) is 0. The van der Waals surface area contributed by atoms with Crippen molar-refractivity contribution < 1.29 is 17.6 Å². The van der Waals surface area contributed by atoms with E-state index in [1.54, 1.807) is 18.2 Å². The highest BCUT2D eigenvalue weighted by atomic mass is 19.4. The van der Waals surface area contributed by atoms with Crippen molar-refractivity contribution in [1.29, 1.82) is 0 Å². The van der Waals surface area contributed by atoms with Gasteiger partial charge in [-0.25, -0.2) is 9.37 Å². The molecule has 0 spiro atoms. The second kappa shape index (κ2) is 4.87. The summed E-state index contributed by atoms with van der Waals surface area (Å²) in [7, 11) is 0. The van der Waals surface area contributed by atoms with Gasteiger partial charge in [0, 0.05) is 11.8 Å². The van der Waals surface area contributed by atoms with Gasteiger partial charge >= 0.3 is 6.18 Å². The Hall–Kier alpha value is -2.37. The zero-order valence-corrected chi connectivity index (χ0v) is 10.7. The summed E-state index contributed by atoms with van der Waals surface area (Å²) < 4.78 is 52.8. The van der Waals surface area contributed by atoms with Crippen LogP contribution < -0.4 is 0 Å². The van der Waals surface area contributed by atoms with Crippen molar-refractivity contribution in [3.8, 4) is 11.3 Å². The van der Waals surface area contributed by atoms with Gasteiger partial charge in [0.15, 0.2) is 0 Å². The normalized spacial score (nSPS) is 12.0. The number of fused-ring (bicyclic) bond motifs is 1. The molecule has 0 unspecified atom stereocenters. The molecule has 0 saturated heterocycles. The van der Waals surface area contributed by atoms with Crippen molar-refractivity contribution in [2.45, 2.75) is 12.6 Å². The first kappa shape index (κ1) is 13.6. The molecule has 0 radical (unpaired) electrons. The Morgan fingerprint density at radius 1 is 1.00 bits per heavy atom. The molecule has 0 N–H and O–H groups in total. The first-order chi connectivity index (χ1) is 9.94. The zero-order chi connectivity index (χ0) is 15.0. The van der Waals surface area contributed by atoms with Gasteiger partial charge in [0.25, 0.3) is 0 Å². The maximum absolute atomic E-state index is 13.0. The number of halogens is 4. The van der Waals surface area contributed by atoms with Gasteiger partial charge in [-0.2, -0.15) is 13.2 Å². The van der Waals surface area contributed by atoms with Crippen molar-refractivity contribution in [1.82, 2.24) is 9.38 Å². The quantitative estimate of drug-likeness (QED) is 0.646. The van der Waals surface area contributed by atoms with Crippen LogP contribution in [-0.2, 0) is 6.42 Å². The number of benzene rings is 1. The molecule has 0 amide bonds. The first-order valence-corrected chi connectivity index (χ1v) is 6.23. The molecule has 0 aliphatic rings. The molecule has 1 aromatic carbocycles. The summed E-state index contributed by atoms with van der Waals surface area (Å²) in [6.45, 7) is 0. The topological polar surface area (TPSA) is 17.3 Å². The number of nitrogens with zero attached hydrogens (tertiary/aromatic N) is 2. The molecule has 0 saturated carbocycles. The molecule has 0 aliphatic carbocycles. The lowest BCUT2D eigenvalue weighted by atomic mass is 10.1. The summed E-state index contributed by atoms with van der Waals surface area (Å²) in [6.07, 6.45) is -3.90. The minimum absolute atomic E-state index is 0.0460. The molecule has 108 valence electrons. The third-order valence-corrected chi connectivity index (χ3v) is 3.11. The number of aromatic nitrogens is 2. The largest absolute Gasteiger partial charge is 0.394 e. The SMILES string of the molecule is Fc1ccc(-c2nc3ccccn3c2CC(F)(F)F)cc1. The molecule has 2 nitrogen and oxygen atoms in total. The molecule has 2 aromatic heterocycles. The van der Waals surface area contributed by atoms with Crippen LogP contribution in [0.25, 0.3) is 16.9 Å². The van der Waals surface area contributed by atoms with Crippen LogP contribution in [0.2, 0.25) is 0 Å². The van der Waals surface area contributed by atoms with E-state index in [2.05, 4.69) is 4.98 Å². The van der Waals surface area contributed by atoms with Gasteiger partial charge < -0.3 is 4.40 Å². The van der Waals surface area contributed by atoms with Gasteiger partial charge in [-0.3, -0.25) is 0 Å². The van der Waals surface area contributed by atoms with Crippen LogP contribution in [0.5, 0.6) is 0 Å². The molecule has 0 aliphatic heterocycles. The number of alkyl halides is 3. The highest BCUT2D eigenvalue weighted by Crippen LogP contribution is 2.30. The number of imidazole rings is 1. The van der Waals surface area contributed by atoms with Crippen molar-refractivity contribution in [2.75, 3.05) is 0 Å². The van der Waals surface area contributed by atoms with E-state index in [1.807, 2.05) is 0 Å². The Balaban J connectivity index is 2.21. The fourth-order valence-electron chi connectivity index (χ4n) is 2.24. The van der Waals surface area contributed by atoms with Crippen molar-refractivity contribution in [3.05, 3.63) is 60.2 Å². The molecule has 2 heterocycles. The predicted octanol–water partition coefficient (Wildman–Crippen LogP) is 4.25. The third-order valence-electron chi connectivity index (χ3n) is 3.11. The molecule has 21 heavy (non-hydrogen) atoms. The Labute approximate surface area is 117 Å². The molecule has 0 bridgehead atoms. The Bertz CT molecular complexity index is 772. The molecule has 3 rings (SSSR count). The maximum Gasteiger partial charge on any atom is 0.394 e. The van der Waals surface area contributed by atoms with Crippen LogP contribution in [0, 0.1) is 5.82 Å². The summed E-state index contributed by atoms with van der Waals surface area (Å²) in [6, 6.07) is 10.2. The van der Waals surface area contributed by atoms with Crippen LogP contribution in [0.4, 0.5) is 17.6 Å². The highest BCUT2D eigenvalue weighted by molar-refractivity contribution is 5.66. The first-order valence-electron chi connectivity index (χ1n) is 6.23. The van der Waals surface area contributed by atoms with E-state index in [0.717, 1.165) is 0 Å². The molecule has 0 fully saturated rings. The van der Waals surface area contributed by atoms with Gasteiger partial charge in [0.2, 0.25) is 0 Å². The smallest absolute Gasteiger partial charge is 0.303 e. The monoisotopic (exact) mass is 294 g/mol. The van der Waals surface area contributed by atoms with Gasteiger partial charge in [-0.05, 0) is 36.4 Å². The molecule has 0 atom stereocenters. The van der Waals surface area contributed by atoms with Gasteiger partial charge in [0.1, 0.15) is 11.5 Å².